The molecule has 1 aromatic heterocycles. The second-order valence-electron chi connectivity index (χ2n) is 6.19. The van der Waals surface area contributed by atoms with Crippen LogP contribution in [0.2, 0.25) is 0 Å². The standard InChI is InChI=1S/C18H25N5O/c1-13(14-6-4-3-5-7-14)23-9-8-15(11-23)20-10-16-17(19)21-12-22-18(16)24-2/h3-7,12-13,15,20H,8-11H2,1-2H3,(H2,19,21,22)/t13-,15-/m1/s1. The van der Waals surface area contributed by atoms with Crippen molar-refractivity contribution in [2.75, 3.05) is 25.9 Å². The van der Waals surface area contributed by atoms with Gasteiger partial charge in [-0.25, -0.2) is 9.97 Å². The predicted octanol–water partition coefficient (Wildman–Crippen LogP) is 1.99. The third-order valence-corrected chi connectivity index (χ3v) is 4.75. The number of ether oxygens (including phenoxy) is 1. The number of hydrogen-bond acceptors (Lipinski definition) is 6. The van der Waals surface area contributed by atoms with Crippen LogP contribution in [-0.2, 0) is 6.54 Å². The van der Waals surface area contributed by atoms with Crippen LogP contribution in [0.3, 0.4) is 0 Å². The first-order chi connectivity index (χ1) is 11.7. The van der Waals surface area contributed by atoms with E-state index in [1.807, 2.05) is 0 Å². The molecule has 0 spiro atoms. The molecule has 3 rings (SSSR count). The molecule has 1 aromatic carbocycles. The second-order valence-corrected chi connectivity index (χ2v) is 6.19. The maximum atomic E-state index is 5.95. The second kappa shape index (κ2) is 7.59. The van der Waals surface area contributed by atoms with Crippen molar-refractivity contribution < 1.29 is 4.74 Å². The van der Waals surface area contributed by atoms with Gasteiger partial charge in [0.2, 0.25) is 5.88 Å². The average Bonchev–Trinajstić information content (AvgIpc) is 3.09. The number of nitrogens with zero attached hydrogens (tertiary/aromatic N) is 3. The molecular weight excluding hydrogens is 302 g/mol. The summed E-state index contributed by atoms with van der Waals surface area (Å²) < 4.78 is 5.28. The zero-order valence-electron chi connectivity index (χ0n) is 14.3. The van der Waals surface area contributed by atoms with Crippen molar-refractivity contribution in [3.8, 4) is 5.88 Å². The molecule has 1 fully saturated rings. The summed E-state index contributed by atoms with van der Waals surface area (Å²) in [5.74, 6) is 1.02. The van der Waals surface area contributed by atoms with Crippen LogP contribution >= 0.6 is 0 Å². The maximum Gasteiger partial charge on any atom is 0.222 e. The largest absolute Gasteiger partial charge is 0.481 e. The zero-order valence-corrected chi connectivity index (χ0v) is 14.3. The van der Waals surface area contributed by atoms with E-state index in [0.29, 0.717) is 30.3 Å². The van der Waals surface area contributed by atoms with E-state index in [0.717, 1.165) is 25.1 Å². The van der Waals surface area contributed by atoms with Crippen molar-refractivity contribution >= 4 is 5.82 Å². The number of rotatable bonds is 6. The fourth-order valence-electron chi connectivity index (χ4n) is 3.25. The van der Waals surface area contributed by atoms with Gasteiger partial charge in [-0.15, -0.1) is 0 Å². The van der Waals surface area contributed by atoms with Crippen LogP contribution < -0.4 is 15.8 Å². The molecule has 0 bridgehead atoms. The Kier molecular flexibility index (Phi) is 5.27. The van der Waals surface area contributed by atoms with Crippen LogP contribution in [0.5, 0.6) is 5.88 Å². The number of benzene rings is 1. The quantitative estimate of drug-likeness (QED) is 0.845. The van der Waals surface area contributed by atoms with E-state index in [2.05, 4.69) is 57.4 Å². The fourth-order valence-corrected chi connectivity index (χ4v) is 3.25. The van der Waals surface area contributed by atoms with E-state index in [1.165, 1.54) is 11.9 Å². The molecule has 2 aromatic rings. The van der Waals surface area contributed by atoms with Crippen LogP contribution in [0, 0.1) is 0 Å². The Morgan fingerprint density at radius 1 is 1.33 bits per heavy atom. The number of methoxy groups -OCH3 is 1. The van der Waals surface area contributed by atoms with Gasteiger partial charge < -0.3 is 15.8 Å². The van der Waals surface area contributed by atoms with E-state index >= 15 is 0 Å². The molecule has 6 nitrogen and oxygen atoms in total. The Hall–Kier alpha value is -2.18. The van der Waals surface area contributed by atoms with Gasteiger partial charge in [-0.3, -0.25) is 4.90 Å². The minimum atomic E-state index is 0.428. The monoisotopic (exact) mass is 327 g/mol. The summed E-state index contributed by atoms with van der Waals surface area (Å²) in [7, 11) is 1.60. The Labute approximate surface area is 143 Å². The molecule has 0 saturated carbocycles. The SMILES string of the molecule is COc1ncnc(N)c1CN[C@@H]1CCN([C@H](C)c2ccccc2)C1. The molecule has 1 saturated heterocycles. The van der Waals surface area contributed by atoms with Crippen molar-refractivity contribution in [1.29, 1.82) is 0 Å². The van der Waals surface area contributed by atoms with Gasteiger partial charge in [-0.1, -0.05) is 30.3 Å². The highest BCUT2D eigenvalue weighted by atomic mass is 16.5. The van der Waals surface area contributed by atoms with Crippen molar-refractivity contribution in [1.82, 2.24) is 20.2 Å². The molecule has 3 N–H and O–H groups in total. The maximum absolute atomic E-state index is 5.95. The molecular formula is C18H25N5O. The van der Waals surface area contributed by atoms with Crippen LogP contribution in [-0.4, -0.2) is 41.1 Å². The van der Waals surface area contributed by atoms with Gasteiger partial charge in [-0.2, -0.15) is 0 Å². The van der Waals surface area contributed by atoms with Gasteiger partial charge in [0, 0.05) is 31.7 Å². The summed E-state index contributed by atoms with van der Waals surface area (Å²) in [5, 5.41) is 3.57. The summed E-state index contributed by atoms with van der Waals surface area (Å²) in [6, 6.07) is 11.5. The molecule has 0 amide bonds. The minimum Gasteiger partial charge on any atom is -0.481 e. The Balaban J connectivity index is 1.57. The smallest absolute Gasteiger partial charge is 0.222 e. The topological polar surface area (TPSA) is 76.3 Å². The minimum absolute atomic E-state index is 0.428. The molecule has 24 heavy (non-hydrogen) atoms. The van der Waals surface area contributed by atoms with E-state index < -0.39 is 0 Å². The molecule has 6 heteroatoms. The van der Waals surface area contributed by atoms with Crippen LogP contribution in [0.15, 0.2) is 36.7 Å². The van der Waals surface area contributed by atoms with E-state index in [1.54, 1.807) is 7.11 Å². The normalized spacial score (nSPS) is 19.3. The summed E-state index contributed by atoms with van der Waals surface area (Å²) in [5.41, 5.74) is 8.14. The lowest BCUT2D eigenvalue weighted by molar-refractivity contribution is 0.255. The van der Waals surface area contributed by atoms with Crippen LogP contribution in [0.1, 0.15) is 30.5 Å². The molecule has 0 aliphatic carbocycles. The summed E-state index contributed by atoms with van der Waals surface area (Å²) in [6.07, 6.45) is 2.55. The van der Waals surface area contributed by atoms with Crippen molar-refractivity contribution in [3.63, 3.8) is 0 Å². The van der Waals surface area contributed by atoms with E-state index in [-0.39, 0.29) is 0 Å². The number of nitrogens with one attached hydrogen (secondary N) is 1. The summed E-state index contributed by atoms with van der Waals surface area (Å²) in [6.45, 7) is 5.00. The highest BCUT2D eigenvalue weighted by Gasteiger charge is 2.26. The first-order valence-corrected chi connectivity index (χ1v) is 8.34. The number of anilines is 1. The summed E-state index contributed by atoms with van der Waals surface area (Å²) in [4.78, 5) is 10.7. The van der Waals surface area contributed by atoms with Crippen molar-refractivity contribution in [2.24, 2.45) is 0 Å². The molecule has 2 heterocycles. The van der Waals surface area contributed by atoms with Gasteiger partial charge in [0.15, 0.2) is 0 Å². The Morgan fingerprint density at radius 2 is 2.12 bits per heavy atom. The van der Waals surface area contributed by atoms with Crippen molar-refractivity contribution in [2.45, 2.75) is 32.0 Å². The van der Waals surface area contributed by atoms with E-state index in [9.17, 15) is 0 Å². The molecule has 0 unspecified atom stereocenters. The number of nitrogens with two attached hydrogens (primary N) is 1. The molecule has 1 aliphatic heterocycles. The molecule has 128 valence electrons. The predicted molar refractivity (Wildman–Crippen MR) is 94.7 cm³/mol. The van der Waals surface area contributed by atoms with Crippen LogP contribution in [0.4, 0.5) is 5.82 Å². The number of aromatic nitrogens is 2. The highest BCUT2D eigenvalue weighted by Crippen LogP contribution is 2.25. The first-order valence-electron chi connectivity index (χ1n) is 8.34. The Morgan fingerprint density at radius 3 is 2.88 bits per heavy atom. The van der Waals surface area contributed by atoms with Gasteiger partial charge >= 0.3 is 0 Å². The Bertz CT molecular complexity index is 664. The van der Waals surface area contributed by atoms with Gasteiger partial charge in [-0.05, 0) is 18.9 Å². The summed E-state index contributed by atoms with van der Waals surface area (Å²) >= 11 is 0. The lowest BCUT2D eigenvalue weighted by Gasteiger charge is -2.25. The third-order valence-electron chi connectivity index (χ3n) is 4.75. The molecule has 0 radical (unpaired) electrons. The third kappa shape index (κ3) is 3.66. The number of likely N-dealkylation sites (tertiary alicyclic amines) is 1. The average molecular weight is 327 g/mol. The fraction of sp³-hybridized carbons (Fsp3) is 0.444. The number of hydrogen-bond donors (Lipinski definition) is 2. The van der Waals surface area contributed by atoms with Gasteiger partial charge in [0.25, 0.3) is 0 Å². The molecule has 1 aliphatic rings. The van der Waals surface area contributed by atoms with Crippen molar-refractivity contribution in [3.05, 3.63) is 47.8 Å². The van der Waals surface area contributed by atoms with Gasteiger partial charge in [0.1, 0.15) is 12.1 Å². The van der Waals surface area contributed by atoms with Gasteiger partial charge in [0.05, 0.1) is 12.7 Å². The molecule has 2 atom stereocenters. The highest BCUT2D eigenvalue weighted by molar-refractivity contribution is 5.44. The lowest BCUT2D eigenvalue weighted by Crippen LogP contribution is -2.33. The zero-order chi connectivity index (χ0) is 16.9. The van der Waals surface area contributed by atoms with E-state index in [4.69, 9.17) is 10.5 Å². The number of nitrogen functional groups attached to an aromatic ring is 1. The van der Waals surface area contributed by atoms with Crippen LogP contribution in [0.25, 0.3) is 0 Å². The first kappa shape index (κ1) is 16.7. The lowest BCUT2D eigenvalue weighted by atomic mass is 10.1.